The number of carbonyl (C=O) groups is 1. The molecule has 2 N–H and O–H groups in total. The molecule has 8 heteroatoms. The summed E-state index contributed by atoms with van der Waals surface area (Å²) in [4.78, 5) is 21.3. The summed E-state index contributed by atoms with van der Waals surface area (Å²) in [5.74, 6) is -1.12. The molecule has 0 fully saturated rings. The van der Waals surface area contributed by atoms with Crippen LogP contribution in [0.25, 0.3) is 0 Å². The highest BCUT2D eigenvalue weighted by Gasteiger charge is 2.31. The number of nitrogens with two attached hydrogens (primary N) is 1. The molecule has 0 aromatic heterocycles. The first-order chi connectivity index (χ1) is 8.49. The smallest absolute Gasteiger partial charge is 0.342 e. The van der Waals surface area contributed by atoms with Gasteiger partial charge in [-0.3, -0.25) is 10.1 Å². The Morgan fingerprint density at radius 1 is 1.53 bits per heavy atom. The maximum atomic E-state index is 13.7. The third-order valence-electron chi connectivity index (χ3n) is 2.32. The lowest BCUT2D eigenvalue weighted by Gasteiger charge is -2.15. The Morgan fingerprint density at radius 2 is 2.11 bits per heavy atom. The van der Waals surface area contributed by atoms with Gasteiger partial charge in [-0.05, 0) is 6.92 Å². The van der Waals surface area contributed by atoms with Gasteiger partial charge in [0.1, 0.15) is 0 Å². The number of benzene rings is 1. The van der Waals surface area contributed by atoms with Gasteiger partial charge >= 0.3 is 5.97 Å². The minimum Gasteiger partial charge on any atom is -0.464 e. The van der Waals surface area contributed by atoms with E-state index in [0.717, 1.165) is 0 Å². The number of carbonyl (C=O) groups excluding carboxylic acids is 1. The molecule has 106 valence electrons. The van der Waals surface area contributed by atoms with Gasteiger partial charge in [0.05, 0.1) is 23.1 Å². The van der Waals surface area contributed by atoms with Crippen molar-refractivity contribution in [2.24, 2.45) is 5.73 Å². The molecule has 1 aromatic carbocycles. The summed E-state index contributed by atoms with van der Waals surface area (Å²) in [6, 6.07) is 4.01. The highest BCUT2D eigenvalue weighted by molar-refractivity contribution is 5.85. The molecule has 0 spiro atoms. The molecule has 0 radical (unpaired) electrons. The molecule has 0 aliphatic heterocycles. The fourth-order valence-electron chi connectivity index (χ4n) is 1.46. The molecule has 0 amide bonds. The van der Waals surface area contributed by atoms with Crippen molar-refractivity contribution in [1.82, 2.24) is 0 Å². The van der Waals surface area contributed by atoms with E-state index in [4.69, 9.17) is 5.73 Å². The van der Waals surface area contributed by atoms with E-state index in [9.17, 15) is 19.3 Å². The first-order valence-electron chi connectivity index (χ1n) is 5.28. The quantitative estimate of drug-likeness (QED) is 0.508. The molecule has 1 rings (SSSR count). The number of nitro groups is 1. The van der Waals surface area contributed by atoms with Gasteiger partial charge in [0.15, 0.2) is 0 Å². The van der Waals surface area contributed by atoms with Gasteiger partial charge in [-0.15, -0.1) is 12.4 Å². The lowest BCUT2D eigenvalue weighted by molar-refractivity contribution is -0.385. The lowest BCUT2D eigenvalue weighted by atomic mass is 10.0. The zero-order chi connectivity index (χ0) is 13.7. The van der Waals surface area contributed by atoms with E-state index in [1.54, 1.807) is 0 Å². The van der Waals surface area contributed by atoms with Crippen molar-refractivity contribution in [3.8, 4) is 0 Å². The molecule has 19 heavy (non-hydrogen) atoms. The van der Waals surface area contributed by atoms with Gasteiger partial charge in [-0.2, -0.15) is 0 Å². The first kappa shape index (κ1) is 17.3. The Kier molecular flexibility index (Phi) is 6.95. The molecular formula is C11H14ClFN2O4. The summed E-state index contributed by atoms with van der Waals surface area (Å²) >= 11 is 0. The first-order valence-corrected chi connectivity index (χ1v) is 5.28. The van der Waals surface area contributed by atoms with Gasteiger partial charge in [0.2, 0.25) is 6.17 Å². The zero-order valence-corrected chi connectivity index (χ0v) is 10.9. The number of nitrogens with zero attached hydrogens (tertiary/aromatic N) is 1. The second kappa shape index (κ2) is 7.65. The summed E-state index contributed by atoms with van der Waals surface area (Å²) in [6.07, 6.45) is -2.13. The average Bonchev–Trinajstić information content (AvgIpc) is 2.37. The van der Waals surface area contributed by atoms with Crippen LogP contribution in [-0.2, 0) is 9.53 Å². The van der Waals surface area contributed by atoms with E-state index in [2.05, 4.69) is 4.74 Å². The highest BCUT2D eigenvalue weighted by Crippen LogP contribution is 2.27. The number of rotatable bonds is 5. The predicted octanol–water partition coefficient (Wildman–Crippen LogP) is 1.92. The molecule has 1 aromatic rings. The van der Waals surface area contributed by atoms with Crippen LogP contribution in [0, 0.1) is 10.1 Å². The Labute approximate surface area is 115 Å². The summed E-state index contributed by atoms with van der Waals surface area (Å²) in [5, 5.41) is 10.8. The predicted molar refractivity (Wildman–Crippen MR) is 68.8 cm³/mol. The molecular weight excluding hydrogens is 279 g/mol. The number of esters is 1. The van der Waals surface area contributed by atoms with Gasteiger partial charge in [-0.25, -0.2) is 9.18 Å². The van der Waals surface area contributed by atoms with Gasteiger partial charge in [0, 0.05) is 6.07 Å². The largest absolute Gasteiger partial charge is 0.464 e. The topological polar surface area (TPSA) is 95.5 Å². The van der Waals surface area contributed by atoms with E-state index >= 15 is 0 Å². The maximum Gasteiger partial charge on any atom is 0.342 e. The standard InChI is InChI=1S/C11H13FN2O4.ClH/c1-2-18-11(15)9(12)10(13)7-5-3-4-6-8(7)14(16)17;/h3-6,9-10H,2,13H2,1H3;1H/t9?,10-;/m0./s1. The van der Waals surface area contributed by atoms with E-state index in [0.29, 0.717) is 0 Å². The monoisotopic (exact) mass is 292 g/mol. The van der Waals surface area contributed by atoms with Crippen LogP contribution in [-0.4, -0.2) is 23.7 Å². The van der Waals surface area contributed by atoms with Crippen LogP contribution >= 0.6 is 12.4 Å². The van der Waals surface area contributed by atoms with E-state index in [-0.39, 0.29) is 30.3 Å². The molecule has 0 saturated carbocycles. The third kappa shape index (κ3) is 4.15. The Balaban J connectivity index is 0.00000324. The number of hydrogen-bond donors (Lipinski definition) is 1. The number of ether oxygens (including phenoxy) is 1. The SMILES string of the molecule is CCOC(=O)C(F)[C@@H](N)c1ccccc1[N+](=O)[O-].Cl. The van der Waals surface area contributed by atoms with Gasteiger partial charge in [0.25, 0.3) is 5.69 Å². The summed E-state index contributed by atoms with van der Waals surface area (Å²) in [5.41, 5.74) is 5.17. The van der Waals surface area contributed by atoms with Crippen molar-refractivity contribution in [3.63, 3.8) is 0 Å². The highest BCUT2D eigenvalue weighted by atomic mass is 35.5. The Morgan fingerprint density at radius 3 is 2.63 bits per heavy atom. The number of alkyl halides is 1. The van der Waals surface area contributed by atoms with Crippen molar-refractivity contribution in [3.05, 3.63) is 39.9 Å². The second-order valence-electron chi connectivity index (χ2n) is 3.50. The van der Waals surface area contributed by atoms with Crippen LogP contribution in [0.1, 0.15) is 18.5 Å². The van der Waals surface area contributed by atoms with Crippen LogP contribution in [0.15, 0.2) is 24.3 Å². The molecule has 0 bridgehead atoms. The van der Waals surface area contributed by atoms with Crippen LogP contribution in [0.2, 0.25) is 0 Å². The summed E-state index contributed by atoms with van der Waals surface area (Å²) in [7, 11) is 0. The fourth-order valence-corrected chi connectivity index (χ4v) is 1.46. The van der Waals surface area contributed by atoms with Crippen LogP contribution in [0.4, 0.5) is 10.1 Å². The van der Waals surface area contributed by atoms with E-state index in [1.807, 2.05) is 0 Å². The molecule has 0 aliphatic carbocycles. The number of para-hydroxylation sites is 1. The van der Waals surface area contributed by atoms with Gasteiger partial charge < -0.3 is 10.5 Å². The number of nitro benzene ring substituents is 1. The van der Waals surface area contributed by atoms with Crippen LogP contribution < -0.4 is 5.73 Å². The number of halogens is 2. The minimum atomic E-state index is -2.13. The van der Waals surface area contributed by atoms with Crippen molar-refractivity contribution in [2.45, 2.75) is 19.1 Å². The van der Waals surface area contributed by atoms with Crippen molar-refractivity contribution in [2.75, 3.05) is 6.61 Å². The fraction of sp³-hybridized carbons (Fsp3) is 0.364. The molecule has 2 atom stereocenters. The van der Waals surface area contributed by atoms with E-state index in [1.165, 1.54) is 31.2 Å². The summed E-state index contributed by atoms with van der Waals surface area (Å²) in [6.45, 7) is 1.55. The molecule has 0 aliphatic rings. The van der Waals surface area contributed by atoms with Crippen molar-refractivity contribution < 1.29 is 18.8 Å². The molecule has 6 nitrogen and oxygen atoms in total. The van der Waals surface area contributed by atoms with Crippen LogP contribution in [0.5, 0.6) is 0 Å². The Hall–Kier alpha value is -1.73. The van der Waals surface area contributed by atoms with Crippen molar-refractivity contribution >= 4 is 24.1 Å². The van der Waals surface area contributed by atoms with Crippen LogP contribution in [0.3, 0.4) is 0 Å². The number of hydrogen-bond acceptors (Lipinski definition) is 5. The van der Waals surface area contributed by atoms with Crippen molar-refractivity contribution in [1.29, 1.82) is 0 Å². The maximum absolute atomic E-state index is 13.7. The molecule has 0 heterocycles. The molecule has 1 unspecified atom stereocenters. The third-order valence-corrected chi connectivity index (χ3v) is 2.32. The average molecular weight is 293 g/mol. The zero-order valence-electron chi connectivity index (χ0n) is 10.1. The summed E-state index contributed by atoms with van der Waals surface area (Å²) < 4.78 is 18.2. The lowest BCUT2D eigenvalue weighted by Crippen LogP contribution is -2.32. The molecule has 0 saturated heterocycles. The Bertz CT molecular complexity index is 458. The van der Waals surface area contributed by atoms with E-state index < -0.39 is 23.1 Å². The van der Waals surface area contributed by atoms with Gasteiger partial charge in [-0.1, -0.05) is 18.2 Å². The normalized spacial score (nSPS) is 13.0. The minimum absolute atomic E-state index is 0. The second-order valence-corrected chi connectivity index (χ2v) is 3.50.